The van der Waals surface area contributed by atoms with Crippen LogP contribution in [0.4, 0.5) is 0 Å². The summed E-state index contributed by atoms with van der Waals surface area (Å²) in [5.74, 6) is -0.0218. The summed E-state index contributed by atoms with van der Waals surface area (Å²) < 4.78 is 1.80. The zero-order chi connectivity index (χ0) is 16.2. The molecule has 1 N–H and O–H groups in total. The monoisotopic (exact) mass is 314 g/mol. The Labute approximate surface area is 135 Å². The number of β-amino-alcohol motifs (C(OH)–C–C–N with tert-alkyl or cyclic N) is 1. The van der Waals surface area contributed by atoms with E-state index in [-0.39, 0.29) is 12.5 Å². The number of aliphatic hydroxyl groups excluding tert-OH is 1. The molecular weight excluding hydrogens is 292 g/mol. The largest absolute Gasteiger partial charge is 0.395 e. The number of rotatable bonds is 4. The van der Waals surface area contributed by atoms with E-state index < -0.39 is 0 Å². The third-order valence-electron chi connectivity index (χ3n) is 4.18. The number of hydrogen-bond donors (Lipinski definition) is 1. The second-order valence-corrected chi connectivity index (χ2v) is 5.78. The highest BCUT2D eigenvalue weighted by Gasteiger charge is 2.24. The SMILES string of the molecule is Cc1cc(C(=O)N2CCN(CCO)CC2)nn1-c1ccccc1. The standard InChI is InChI=1S/C17H22N4O2/c1-14-13-16(18-21(14)15-5-3-2-4-6-15)17(23)20-9-7-19(8-10-20)11-12-22/h2-6,13,22H,7-12H2,1H3. The molecule has 1 aliphatic rings. The van der Waals surface area contributed by atoms with Crippen molar-refractivity contribution < 1.29 is 9.90 Å². The number of aromatic nitrogens is 2. The van der Waals surface area contributed by atoms with Gasteiger partial charge < -0.3 is 10.0 Å². The fourth-order valence-electron chi connectivity index (χ4n) is 2.89. The van der Waals surface area contributed by atoms with Crippen LogP contribution in [0, 0.1) is 6.92 Å². The van der Waals surface area contributed by atoms with Gasteiger partial charge in [0.2, 0.25) is 0 Å². The van der Waals surface area contributed by atoms with Gasteiger partial charge in [0.05, 0.1) is 12.3 Å². The van der Waals surface area contributed by atoms with Crippen LogP contribution in [-0.2, 0) is 0 Å². The Balaban J connectivity index is 1.72. The number of amides is 1. The summed E-state index contributed by atoms with van der Waals surface area (Å²) >= 11 is 0. The van der Waals surface area contributed by atoms with Crippen LogP contribution in [0.1, 0.15) is 16.2 Å². The first-order valence-electron chi connectivity index (χ1n) is 7.93. The van der Waals surface area contributed by atoms with E-state index in [4.69, 9.17) is 5.11 Å². The average molecular weight is 314 g/mol. The number of para-hydroxylation sites is 1. The minimum Gasteiger partial charge on any atom is -0.395 e. The number of carbonyl (C=O) groups excluding carboxylic acids is 1. The predicted octanol–water partition coefficient (Wildman–Crippen LogP) is 0.931. The van der Waals surface area contributed by atoms with Crippen molar-refractivity contribution in [2.45, 2.75) is 6.92 Å². The third-order valence-corrected chi connectivity index (χ3v) is 4.18. The molecule has 0 bridgehead atoms. The normalized spacial score (nSPS) is 15.8. The van der Waals surface area contributed by atoms with E-state index >= 15 is 0 Å². The molecule has 0 unspecified atom stereocenters. The van der Waals surface area contributed by atoms with Gasteiger partial charge in [0.15, 0.2) is 5.69 Å². The zero-order valence-corrected chi connectivity index (χ0v) is 13.4. The number of aliphatic hydroxyl groups is 1. The summed E-state index contributed by atoms with van der Waals surface area (Å²) in [6.45, 7) is 5.73. The Morgan fingerprint density at radius 2 is 1.87 bits per heavy atom. The van der Waals surface area contributed by atoms with E-state index in [1.165, 1.54) is 0 Å². The van der Waals surface area contributed by atoms with Crippen molar-refractivity contribution in [2.24, 2.45) is 0 Å². The lowest BCUT2D eigenvalue weighted by atomic mass is 10.2. The molecule has 6 nitrogen and oxygen atoms in total. The molecule has 0 atom stereocenters. The van der Waals surface area contributed by atoms with E-state index in [2.05, 4.69) is 10.00 Å². The van der Waals surface area contributed by atoms with Crippen LogP contribution in [0.15, 0.2) is 36.4 Å². The first-order chi connectivity index (χ1) is 11.2. The molecule has 0 aliphatic carbocycles. The summed E-state index contributed by atoms with van der Waals surface area (Å²) in [5.41, 5.74) is 2.39. The molecule has 2 aromatic rings. The number of aryl methyl sites for hydroxylation is 1. The van der Waals surface area contributed by atoms with Crippen molar-refractivity contribution in [3.8, 4) is 5.69 Å². The highest BCUT2D eigenvalue weighted by molar-refractivity contribution is 5.92. The van der Waals surface area contributed by atoms with E-state index in [0.717, 1.165) is 24.5 Å². The van der Waals surface area contributed by atoms with E-state index in [0.29, 0.717) is 25.3 Å². The van der Waals surface area contributed by atoms with Gasteiger partial charge in [-0.25, -0.2) is 4.68 Å². The van der Waals surface area contributed by atoms with Gasteiger partial charge in [0.1, 0.15) is 0 Å². The van der Waals surface area contributed by atoms with Crippen LogP contribution in [-0.4, -0.2) is 69.9 Å². The minimum absolute atomic E-state index is 0.0218. The molecule has 122 valence electrons. The molecule has 1 aromatic heterocycles. The maximum Gasteiger partial charge on any atom is 0.274 e. The molecule has 1 aliphatic heterocycles. The number of benzene rings is 1. The first-order valence-corrected chi connectivity index (χ1v) is 7.93. The van der Waals surface area contributed by atoms with E-state index in [9.17, 15) is 4.79 Å². The maximum absolute atomic E-state index is 12.6. The van der Waals surface area contributed by atoms with Crippen LogP contribution >= 0.6 is 0 Å². The predicted molar refractivity (Wildman–Crippen MR) is 87.7 cm³/mol. The molecule has 1 aromatic carbocycles. The zero-order valence-electron chi connectivity index (χ0n) is 13.4. The fraction of sp³-hybridized carbons (Fsp3) is 0.412. The van der Waals surface area contributed by atoms with Gasteiger partial charge in [-0.1, -0.05) is 18.2 Å². The Morgan fingerprint density at radius 3 is 2.52 bits per heavy atom. The third kappa shape index (κ3) is 3.43. The highest BCUT2D eigenvalue weighted by Crippen LogP contribution is 2.14. The number of carbonyl (C=O) groups is 1. The van der Waals surface area contributed by atoms with Gasteiger partial charge in [-0.3, -0.25) is 9.69 Å². The lowest BCUT2D eigenvalue weighted by molar-refractivity contribution is 0.0609. The van der Waals surface area contributed by atoms with Crippen LogP contribution < -0.4 is 0 Å². The van der Waals surface area contributed by atoms with Crippen LogP contribution in [0.2, 0.25) is 0 Å². The van der Waals surface area contributed by atoms with Crippen molar-refractivity contribution in [2.75, 3.05) is 39.3 Å². The molecule has 3 rings (SSSR count). The lowest BCUT2D eigenvalue weighted by Crippen LogP contribution is -2.49. The second kappa shape index (κ2) is 6.93. The fourth-order valence-corrected chi connectivity index (χ4v) is 2.89. The highest BCUT2D eigenvalue weighted by atomic mass is 16.3. The van der Waals surface area contributed by atoms with Crippen molar-refractivity contribution >= 4 is 5.91 Å². The molecule has 23 heavy (non-hydrogen) atoms. The number of nitrogens with zero attached hydrogens (tertiary/aromatic N) is 4. The molecule has 0 spiro atoms. The topological polar surface area (TPSA) is 61.6 Å². The van der Waals surface area contributed by atoms with E-state index in [1.807, 2.05) is 48.2 Å². The summed E-state index contributed by atoms with van der Waals surface area (Å²) in [4.78, 5) is 16.6. The van der Waals surface area contributed by atoms with Crippen LogP contribution in [0.5, 0.6) is 0 Å². The second-order valence-electron chi connectivity index (χ2n) is 5.78. The van der Waals surface area contributed by atoms with Gasteiger partial charge in [-0.05, 0) is 25.1 Å². The molecule has 0 radical (unpaired) electrons. The van der Waals surface area contributed by atoms with Gasteiger partial charge >= 0.3 is 0 Å². The molecule has 0 saturated carbocycles. The molecule has 2 heterocycles. The molecule has 1 amide bonds. The number of piperazine rings is 1. The van der Waals surface area contributed by atoms with Crippen LogP contribution in [0.25, 0.3) is 5.69 Å². The first kappa shape index (κ1) is 15.7. The van der Waals surface area contributed by atoms with Crippen molar-refractivity contribution in [1.29, 1.82) is 0 Å². The van der Waals surface area contributed by atoms with Gasteiger partial charge in [0, 0.05) is 38.4 Å². The van der Waals surface area contributed by atoms with Crippen molar-refractivity contribution in [3.63, 3.8) is 0 Å². The van der Waals surface area contributed by atoms with Crippen molar-refractivity contribution in [3.05, 3.63) is 47.8 Å². The van der Waals surface area contributed by atoms with Gasteiger partial charge in [-0.2, -0.15) is 5.10 Å². The van der Waals surface area contributed by atoms with Gasteiger partial charge in [-0.15, -0.1) is 0 Å². The van der Waals surface area contributed by atoms with Gasteiger partial charge in [0.25, 0.3) is 5.91 Å². The summed E-state index contributed by atoms with van der Waals surface area (Å²) in [7, 11) is 0. The summed E-state index contributed by atoms with van der Waals surface area (Å²) in [6, 6.07) is 11.7. The molecule has 1 saturated heterocycles. The molecular formula is C17H22N4O2. The molecule has 1 fully saturated rings. The Morgan fingerprint density at radius 1 is 1.17 bits per heavy atom. The van der Waals surface area contributed by atoms with Crippen molar-refractivity contribution in [1.82, 2.24) is 19.6 Å². The molecule has 6 heteroatoms. The smallest absolute Gasteiger partial charge is 0.274 e. The number of hydrogen-bond acceptors (Lipinski definition) is 4. The quantitative estimate of drug-likeness (QED) is 0.912. The minimum atomic E-state index is -0.0218. The Bertz CT molecular complexity index is 660. The Hall–Kier alpha value is -2.18. The summed E-state index contributed by atoms with van der Waals surface area (Å²) in [6.07, 6.45) is 0. The Kier molecular flexibility index (Phi) is 4.73. The average Bonchev–Trinajstić information content (AvgIpc) is 2.98. The lowest BCUT2D eigenvalue weighted by Gasteiger charge is -2.33. The van der Waals surface area contributed by atoms with E-state index in [1.54, 1.807) is 4.68 Å². The summed E-state index contributed by atoms with van der Waals surface area (Å²) in [5, 5.41) is 13.5. The van der Waals surface area contributed by atoms with Crippen LogP contribution in [0.3, 0.4) is 0 Å². The maximum atomic E-state index is 12.6.